The largest absolute Gasteiger partial charge is 0.340 e. The number of aryl methyl sites for hydroxylation is 2. The highest BCUT2D eigenvalue weighted by Crippen LogP contribution is 2.24. The molecule has 0 atom stereocenters. The highest BCUT2D eigenvalue weighted by Gasteiger charge is 2.31. The van der Waals surface area contributed by atoms with Crippen LogP contribution in [0, 0.1) is 11.3 Å². The summed E-state index contributed by atoms with van der Waals surface area (Å²) < 4.78 is 27.3. The number of hydrogen-bond acceptors (Lipinski definition) is 4. The van der Waals surface area contributed by atoms with Crippen LogP contribution in [0.5, 0.6) is 0 Å². The van der Waals surface area contributed by atoms with E-state index in [1.54, 1.807) is 17.0 Å². The Morgan fingerprint density at radius 3 is 2.40 bits per heavy atom. The maximum atomic E-state index is 12.9. The van der Waals surface area contributed by atoms with Crippen molar-refractivity contribution in [2.75, 3.05) is 26.2 Å². The zero-order chi connectivity index (χ0) is 21.1. The lowest BCUT2D eigenvalue weighted by molar-refractivity contribution is -0.131. The lowest BCUT2D eigenvalue weighted by atomic mass is 9.90. The predicted molar refractivity (Wildman–Crippen MR) is 113 cm³/mol. The molecule has 0 unspecified atom stereocenters. The highest BCUT2D eigenvalue weighted by molar-refractivity contribution is 7.89. The molecule has 2 aromatic carbocycles. The molecule has 7 heteroatoms. The van der Waals surface area contributed by atoms with E-state index in [0.29, 0.717) is 19.5 Å². The molecule has 1 heterocycles. The molecular weight excluding hydrogens is 398 g/mol. The summed E-state index contributed by atoms with van der Waals surface area (Å²) in [6.45, 7) is 1.19. The van der Waals surface area contributed by atoms with Crippen molar-refractivity contribution in [1.82, 2.24) is 9.21 Å². The number of piperazine rings is 1. The van der Waals surface area contributed by atoms with E-state index in [1.165, 1.54) is 40.4 Å². The van der Waals surface area contributed by atoms with Gasteiger partial charge in [0.1, 0.15) is 6.07 Å². The van der Waals surface area contributed by atoms with E-state index in [-0.39, 0.29) is 29.5 Å². The van der Waals surface area contributed by atoms with E-state index < -0.39 is 10.0 Å². The highest BCUT2D eigenvalue weighted by atomic mass is 32.2. The normalized spacial score (nSPS) is 17.2. The second kappa shape index (κ2) is 8.58. The van der Waals surface area contributed by atoms with E-state index in [1.807, 2.05) is 12.1 Å². The maximum absolute atomic E-state index is 12.9. The monoisotopic (exact) mass is 423 g/mol. The van der Waals surface area contributed by atoms with E-state index >= 15 is 0 Å². The molecule has 0 radical (unpaired) electrons. The minimum atomic E-state index is -3.75. The van der Waals surface area contributed by atoms with Crippen LogP contribution in [-0.4, -0.2) is 49.7 Å². The lowest BCUT2D eigenvalue weighted by Gasteiger charge is -2.34. The standard InChI is InChI=1S/C23H25N3O3S/c24-17-21-7-3-4-8-22(21)30(28,29)26-13-11-25(12-14-26)23(27)16-18-9-10-19-5-1-2-6-20(19)15-18/h3-4,7-10,15H,1-2,5-6,11-14,16H2. The fraction of sp³-hybridized carbons (Fsp3) is 0.391. The van der Waals surface area contributed by atoms with Crippen LogP contribution < -0.4 is 0 Å². The van der Waals surface area contributed by atoms with Gasteiger partial charge < -0.3 is 4.90 Å². The molecule has 1 amide bonds. The van der Waals surface area contributed by atoms with Crippen LogP contribution >= 0.6 is 0 Å². The molecule has 0 saturated carbocycles. The van der Waals surface area contributed by atoms with Crippen LogP contribution in [-0.2, 0) is 34.1 Å². The third kappa shape index (κ3) is 4.11. The molecule has 0 spiro atoms. The van der Waals surface area contributed by atoms with E-state index in [4.69, 9.17) is 0 Å². The van der Waals surface area contributed by atoms with Gasteiger partial charge >= 0.3 is 0 Å². The van der Waals surface area contributed by atoms with Crippen molar-refractivity contribution >= 4 is 15.9 Å². The Bertz CT molecular complexity index is 1100. The molecule has 2 aliphatic rings. The number of hydrogen-bond donors (Lipinski definition) is 0. The summed E-state index contributed by atoms with van der Waals surface area (Å²) in [7, 11) is -3.75. The minimum Gasteiger partial charge on any atom is -0.340 e. The number of amides is 1. The third-order valence-electron chi connectivity index (χ3n) is 5.98. The smallest absolute Gasteiger partial charge is 0.244 e. The van der Waals surface area contributed by atoms with Gasteiger partial charge in [0, 0.05) is 26.2 Å². The molecule has 30 heavy (non-hydrogen) atoms. The SMILES string of the molecule is N#Cc1ccccc1S(=O)(=O)N1CCN(C(=O)Cc2ccc3c(c2)CCCC3)CC1. The van der Waals surface area contributed by atoms with E-state index in [9.17, 15) is 18.5 Å². The van der Waals surface area contributed by atoms with E-state index in [2.05, 4.69) is 12.1 Å². The maximum Gasteiger partial charge on any atom is 0.244 e. The quantitative estimate of drug-likeness (QED) is 0.757. The Morgan fingerprint density at radius 1 is 0.967 bits per heavy atom. The number of sulfonamides is 1. The first-order chi connectivity index (χ1) is 14.5. The molecule has 1 aliphatic carbocycles. The summed E-state index contributed by atoms with van der Waals surface area (Å²) in [5.74, 6) is 0.0280. The van der Waals surface area contributed by atoms with Gasteiger partial charge in [0.05, 0.1) is 16.9 Å². The number of carbonyl (C=O) groups excluding carboxylic acids is 1. The Kier molecular flexibility index (Phi) is 5.89. The molecular formula is C23H25N3O3S. The molecule has 2 aromatic rings. The topological polar surface area (TPSA) is 81.5 Å². The average molecular weight is 424 g/mol. The fourth-order valence-corrected chi connectivity index (χ4v) is 5.85. The van der Waals surface area contributed by atoms with Crippen molar-refractivity contribution in [3.05, 3.63) is 64.7 Å². The summed E-state index contributed by atoms with van der Waals surface area (Å²) >= 11 is 0. The number of nitrogens with zero attached hydrogens (tertiary/aromatic N) is 3. The van der Waals surface area contributed by atoms with Crippen molar-refractivity contribution in [3.63, 3.8) is 0 Å². The first-order valence-corrected chi connectivity index (χ1v) is 11.8. The van der Waals surface area contributed by atoms with Gasteiger partial charge in [-0.15, -0.1) is 0 Å². The number of carbonyl (C=O) groups is 1. The molecule has 4 rings (SSSR count). The van der Waals surface area contributed by atoms with Crippen LogP contribution in [0.1, 0.15) is 35.1 Å². The van der Waals surface area contributed by atoms with Crippen molar-refractivity contribution < 1.29 is 13.2 Å². The van der Waals surface area contributed by atoms with Gasteiger partial charge in [-0.25, -0.2) is 8.42 Å². The van der Waals surface area contributed by atoms with Gasteiger partial charge in [0.2, 0.25) is 15.9 Å². The predicted octanol–water partition coefficient (Wildman–Crippen LogP) is 2.51. The summed E-state index contributed by atoms with van der Waals surface area (Å²) in [5.41, 5.74) is 3.93. The van der Waals surface area contributed by atoms with Crippen molar-refractivity contribution in [2.45, 2.75) is 37.0 Å². The van der Waals surface area contributed by atoms with Crippen LogP contribution in [0.3, 0.4) is 0 Å². The van der Waals surface area contributed by atoms with Gasteiger partial charge in [0.25, 0.3) is 0 Å². The van der Waals surface area contributed by atoms with Crippen molar-refractivity contribution in [3.8, 4) is 6.07 Å². The Morgan fingerprint density at radius 2 is 1.67 bits per heavy atom. The molecule has 0 N–H and O–H groups in total. The summed E-state index contributed by atoms with van der Waals surface area (Å²) in [6, 6.07) is 14.5. The molecule has 6 nitrogen and oxygen atoms in total. The molecule has 0 bridgehead atoms. The van der Waals surface area contributed by atoms with Crippen LogP contribution in [0.25, 0.3) is 0 Å². The van der Waals surface area contributed by atoms with Gasteiger partial charge in [-0.2, -0.15) is 9.57 Å². The van der Waals surface area contributed by atoms with Crippen LogP contribution in [0.4, 0.5) is 0 Å². The number of fused-ring (bicyclic) bond motifs is 1. The first kappa shape index (κ1) is 20.6. The van der Waals surface area contributed by atoms with Gasteiger partial charge in [0.15, 0.2) is 0 Å². The summed E-state index contributed by atoms with van der Waals surface area (Å²) in [5, 5.41) is 9.22. The third-order valence-corrected chi connectivity index (χ3v) is 7.94. The zero-order valence-corrected chi connectivity index (χ0v) is 17.7. The fourth-order valence-electron chi connectivity index (χ4n) is 4.28. The second-order valence-electron chi connectivity index (χ2n) is 7.88. The number of rotatable bonds is 4. The first-order valence-electron chi connectivity index (χ1n) is 10.4. The lowest BCUT2D eigenvalue weighted by Crippen LogP contribution is -2.50. The van der Waals surface area contributed by atoms with Crippen LogP contribution in [0.2, 0.25) is 0 Å². The van der Waals surface area contributed by atoms with Gasteiger partial charge in [-0.3, -0.25) is 4.79 Å². The average Bonchev–Trinajstić information content (AvgIpc) is 2.79. The number of nitriles is 1. The molecule has 1 aliphatic heterocycles. The second-order valence-corrected chi connectivity index (χ2v) is 9.79. The van der Waals surface area contributed by atoms with Crippen molar-refractivity contribution in [2.24, 2.45) is 0 Å². The van der Waals surface area contributed by atoms with Crippen molar-refractivity contribution in [1.29, 1.82) is 5.26 Å². The Labute approximate surface area is 177 Å². The van der Waals surface area contributed by atoms with Crippen LogP contribution in [0.15, 0.2) is 47.4 Å². The zero-order valence-electron chi connectivity index (χ0n) is 16.9. The molecule has 1 fully saturated rings. The van der Waals surface area contributed by atoms with E-state index in [0.717, 1.165) is 18.4 Å². The number of benzene rings is 2. The minimum absolute atomic E-state index is 0.0280. The molecule has 0 aromatic heterocycles. The summed E-state index contributed by atoms with van der Waals surface area (Å²) in [4.78, 5) is 14.5. The Hall–Kier alpha value is -2.69. The van der Waals surface area contributed by atoms with Gasteiger partial charge in [-0.1, -0.05) is 30.3 Å². The summed E-state index contributed by atoms with van der Waals surface area (Å²) in [6.07, 6.45) is 4.98. The molecule has 156 valence electrons. The Balaban J connectivity index is 1.39. The van der Waals surface area contributed by atoms with Gasteiger partial charge in [-0.05, 0) is 54.5 Å². The molecule has 1 saturated heterocycles.